The van der Waals surface area contributed by atoms with Gasteiger partial charge in [-0.15, -0.1) is 0 Å². The number of hydrogen-bond acceptors (Lipinski definition) is 3. The van der Waals surface area contributed by atoms with Gasteiger partial charge in [-0.2, -0.15) is 0 Å². The van der Waals surface area contributed by atoms with Crippen molar-refractivity contribution in [2.24, 2.45) is 0 Å². The van der Waals surface area contributed by atoms with Crippen LogP contribution in [-0.4, -0.2) is 20.9 Å². The number of carbonyl (C=O) groups is 1. The zero-order chi connectivity index (χ0) is 20.7. The molecule has 5 nitrogen and oxygen atoms in total. The molecule has 0 unspecified atom stereocenters. The van der Waals surface area contributed by atoms with Crippen molar-refractivity contribution in [3.8, 4) is 0 Å². The molecule has 0 heterocycles. The quantitative estimate of drug-likeness (QED) is 0.573. The minimum atomic E-state index is -3.56. The van der Waals surface area contributed by atoms with Crippen LogP contribution in [0.15, 0.2) is 83.8 Å². The van der Waals surface area contributed by atoms with E-state index in [-0.39, 0.29) is 17.3 Å². The number of halogens is 1. The summed E-state index contributed by atoms with van der Waals surface area (Å²) in [6, 6.07) is 22.5. The van der Waals surface area contributed by atoms with Crippen molar-refractivity contribution in [3.63, 3.8) is 0 Å². The fraction of sp³-hybridized carbons (Fsp3) is 0.136. The van der Waals surface area contributed by atoms with Crippen LogP contribution in [0.1, 0.15) is 21.5 Å². The molecule has 3 rings (SSSR count). The van der Waals surface area contributed by atoms with E-state index < -0.39 is 10.0 Å². The molecule has 0 radical (unpaired) electrons. The summed E-state index contributed by atoms with van der Waals surface area (Å²) in [4.78, 5) is 12.5. The summed E-state index contributed by atoms with van der Waals surface area (Å²) in [6.45, 7) is 0.661. The molecule has 3 aromatic rings. The van der Waals surface area contributed by atoms with Crippen LogP contribution in [0.25, 0.3) is 0 Å². The fourth-order valence-corrected chi connectivity index (χ4v) is 3.87. The standard InChI is InChI=1S/C22H21ClN2O3S/c23-20-12-8-17(9-13-20)14-15-24-22(26)19-10-6-18(7-11-19)16-25-29(27,28)21-4-2-1-3-5-21/h1-13,25H,14-16H2,(H,24,26). The zero-order valence-corrected chi connectivity index (χ0v) is 17.2. The van der Waals surface area contributed by atoms with E-state index in [1.807, 2.05) is 24.3 Å². The van der Waals surface area contributed by atoms with Gasteiger partial charge in [-0.3, -0.25) is 4.79 Å². The first-order chi connectivity index (χ1) is 13.9. The first kappa shape index (κ1) is 21.0. The number of amides is 1. The average Bonchev–Trinajstić information content (AvgIpc) is 2.75. The molecule has 3 aromatic carbocycles. The van der Waals surface area contributed by atoms with Gasteiger partial charge in [0.2, 0.25) is 10.0 Å². The van der Waals surface area contributed by atoms with Crippen molar-refractivity contribution in [1.29, 1.82) is 0 Å². The summed E-state index contributed by atoms with van der Waals surface area (Å²) in [5, 5.41) is 3.56. The van der Waals surface area contributed by atoms with Crippen molar-refractivity contribution in [2.75, 3.05) is 6.54 Å². The highest BCUT2D eigenvalue weighted by Gasteiger charge is 2.13. The maximum Gasteiger partial charge on any atom is 0.251 e. The van der Waals surface area contributed by atoms with E-state index in [9.17, 15) is 13.2 Å². The second-order valence-electron chi connectivity index (χ2n) is 6.47. The Bertz CT molecular complexity index is 1050. The Kier molecular flexibility index (Phi) is 7.04. The number of benzene rings is 3. The van der Waals surface area contributed by atoms with Gasteiger partial charge in [-0.25, -0.2) is 13.1 Å². The van der Waals surface area contributed by atoms with E-state index in [0.29, 0.717) is 23.6 Å². The molecule has 1 amide bonds. The summed E-state index contributed by atoms with van der Waals surface area (Å²) in [5.41, 5.74) is 2.38. The molecular formula is C22H21ClN2O3S. The highest BCUT2D eigenvalue weighted by molar-refractivity contribution is 7.89. The van der Waals surface area contributed by atoms with Gasteiger partial charge in [0.25, 0.3) is 5.91 Å². The Morgan fingerprint density at radius 2 is 1.45 bits per heavy atom. The first-order valence-corrected chi connectivity index (χ1v) is 11.0. The molecule has 0 saturated heterocycles. The third kappa shape index (κ3) is 6.15. The van der Waals surface area contributed by atoms with E-state index >= 15 is 0 Å². The molecule has 7 heteroatoms. The lowest BCUT2D eigenvalue weighted by Crippen LogP contribution is -2.26. The van der Waals surface area contributed by atoms with E-state index in [0.717, 1.165) is 11.1 Å². The average molecular weight is 429 g/mol. The summed E-state index contributed by atoms with van der Waals surface area (Å²) >= 11 is 5.86. The predicted octanol–water partition coefficient (Wildman–Crippen LogP) is 3.79. The Morgan fingerprint density at radius 1 is 0.828 bits per heavy atom. The van der Waals surface area contributed by atoms with Crippen LogP contribution in [0.3, 0.4) is 0 Å². The van der Waals surface area contributed by atoms with Gasteiger partial charge in [0.05, 0.1) is 4.90 Å². The first-order valence-electron chi connectivity index (χ1n) is 9.10. The maximum atomic E-state index is 12.3. The largest absolute Gasteiger partial charge is 0.352 e. The lowest BCUT2D eigenvalue weighted by Gasteiger charge is -2.08. The van der Waals surface area contributed by atoms with Gasteiger partial charge in [0, 0.05) is 23.7 Å². The normalized spacial score (nSPS) is 11.2. The SMILES string of the molecule is O=C(NCCc1ccc(Cl)cc1)c1ccc(CNS(=O)(=O)c2ccccc2)cc1. The summed E-state index contributed by atoms with van der Waals surface area (Å²) in [5.74, 6) is -0.171. The lowest BCUT2D eigenvalue weighted by atomic mass is 10.1. The van der Waals surface area contributed by atoms with Crippen LogP contribution in [0, 0.1) is 0 Å². The van der Waals surface area contributed by atoms with Crippen LogP contribution in [0.5, 0.6) is 0 Å². The molecule has 0 aliphatic rings. The van der Waals surface area contributed by atoms with Gasteiger partial charge in [-0.05, 0) is 53.9 Å². The highest BCUT2D eigenvalue weighted by Crippen LogP contribution is 2.11. The van der Waals surface area contributed by atoms with Gasteiger partial charge in [0.15, 0.2) is 0 Å². The number of carbonyl (C=O) groups excluding carboxylic acids is 1. The fourth-order valence-electron chi connectivity index (χ4n) is 2.71. The molecule has 29 heavy (non-hydrogen) atoms. The molecule has 0 spiro atoms. The Balaban J connectivity index is 1.50. The van der Waals surface area contributed by atoms with Crippen LogP contribution in [0.4, 0.5) is 0 Å². The zero-order valence-electron chi connectivity index (χ0n) is 15.6. The van der Waals surface area contributed by atoms with Crippen molar-refractivity contribution in [3.05, 3.63) is 101 Å². The van der Waals surface area contributed by atoms with E-state index in [2.05, 4.69) is 10.0 Å². The lowest BCUT2D eigenvalue weighted by molar-refractivity contribution is 0.0954. The molecule has 2 N–H and O–H groups in total. The molecule has 0 aliphatic heterocycles. The predicted molar refractivity (Wildman–Crippen MR) is 114 cm³/mol. The molecule has 0 aliphatic carbocycles. The molecule has 0 fully saturated rings. The van der Waals surface area contributed by atoms with Crippen molar-refractivity contribution < 1.29 is 13.2 Å². The minimum Gasteiger partial charge on any atom is -0.352 e. The van der Waals surface area contributed by atoms with Crippen LogP contribution in [-0.2, 0) is 23.0 Å². The Labute approximate surface area is 175 Å². The third-order valence-corrected chi connectivity index (χ3v) is 6.02. The number of rotatable bonds is 8. The van der Waals surface area contributed by atoms with E-state index in [1.54, 1.807) is 54.6 Å². The monoisotopic (exact) mass is 428 g/mol. The molecule has 0 atom stereocenters. The Morgan fingerprint density at radius 3 is 2.10 bits per heavy atom. The Hall–Kier alpha value is -2.67. The van der Waals surface area contributed by atoms with Crippen molar-refractivity contribution in [2.45, 2.75) is 17.9 Å². The maximum absolute atomic E-state index is 12.3. The van der Waals surface area contributed by atoms with Gasteiger partial charge >= 0.3 is 0 Å². The molecule has 0 aromatic heterocycles. The summed E-state index contributed by atoms with van der Waals surface area (Å²) in [7, 11) is -3.56. The van der Waals surface area contributed by atoms with Gasteiger partial charge in [-0.1, -0.05) is 54.1 Å². The number of hydrogen-bond donors (Lipinski definition) is 2. The topological polar surface area (TPSA) is 75.3 Å². The summed E-state index contributed by atoms with van der Waals surface area (Å²) < 4.78 is 27.1. The minimum absolute atomic E-state index is 0.149. The van der Waals surface area contributed by atoms with Crippen LogP contribution in [0.2, 0.25) is 5.02 Å². The van der Waals surface area contributed by atoms with Crippen molar-refractivity contribution >= 4 is 27.5 Å². The molecule has 0 bridgehead atoms. The number of sulfonamides is 1. The highest BCUT2D eigenvalue weighted by atomic mass is 35.5. The van der Waals surface area contributed by atoms with Crippen molar-refractivity contribution in [1.82, 2.24) is 10.0 Å². The van der Waals surface area contributed by atoms with Crippen LogP contribution >= 0.6 is 11.6 Å². The third-order valence-electron chi connectivity index (χ3n) is 4.35. The smallest absolute Gasteiger partial charge is 0.251 e. The van der Waals surface area contributed by atoms with E-state index in [1.165, 1.54) is 0 Å². The number of nitrogens with one attached hydrogen (secondary N) is 2. The second kappa shape index (κ2) is 9.69. The molecular weight excluding hydrogens is 408 g/mol. The van der Waals surface area contributed by atoms with E-state index in [4.69, 9.17) is 11.6 Å². The van der Waals surface area contributed by atoms with Gasteiger partial charge in [0.1, 0.15) is 0 Å². The van der Waals surface area contributed by atoms with Crippen LogP contribution < -0.4 is 10.0 Å². The van der Waals surface area contributed by atoms with Gasteiger partial charge < -0.3 is 5.32 Å². The summed E-state index contributed by atoms with van der Waals surface area (Å²) in [6.07, 6.45) is 0.711. The molecule has 0 saturated carbocycles. The second-order valence-corrected chi connectivity index (χ2v) is 8.67. The molecule has 150 valence electrons.